The molecule has 3 rings (SSSR count). The highest BCUT2D eigenvalue weighted by molar-refractivity contribution is 5.42. The van der Waals surface area contributed by atoms with Gasteiger partial charge < -0.3 is 9.64 Å². The minimum absolute atomic E-state index is 0.292. The van der Waals surface area contributed by atoms with Crippen LogP contribution < -0.4 is 9.64 Å². The van der Waals surface area contributed by atoms with Crippen molar-refractivity contribution in [2.45, 2.75) is 13.0 Å². The molecule has 1 aromatic carbocycles. The Morgan fingerprint density at radius 2 is 2.00 bits per heavy atom. The van der Waals surface area contributed by atoms with Crippen LogP contribution in [0.15, 0.2) is 36.5 Å². The number of methoxy groups -OCH3 is 1. The number of para-hydroxylation sites is 1. The van der Waals surface area contributed by atoms with Gasteiger partial charge in [-0.25, -0.2) is 9.97 Å². The van der Waals surface area contributed by atoms with E-state index in [1.165, 1.54) is 5.56 Å². The highest BCUT2D eigenvalue weighted by Crippen LogP contribution is 2.32. The Morgan fingerprint density at radius 3 is 2.77 bits per heavy atom. The van der Waals surface area contributed by atoms with Crippen LogP contribution in [0.4, 0.5) is 5.82 Å². The first kappa shape index (κ1) is 14.8. The Balaban J connectivity index is 1.88. The van der Waals surface area contributed by atoms with Crippen LogP contribution in [0.3, 0.4) is 0 Å². The Kier molecular flexibility index (Phi) is 4.24. The number of likely N-dealkylation sites (N-methyl/N-ethyl adjacent to an activating group) is 1. The Bertz CT molecular complexity index is 646. The summed E-state index contributed by atoms with van der Waals surface area (Å²) >= 11 is 0. The van der Waals surface area contributed by atoms with E-state index in [-0.39, 0.29) is 0 Å². The normalized spacial score (nSPS) is 19.2. The number of nitrogens with zero attached hydrogens (tertiary/aromatic N) is 4. The molecule has 0 spiro atoms. The highest BCUT2D eigenvalue weighted by atomic mass is 16.5. The largest absolute Gasteiger partial charge is 0.496 e. The Labute approximate surface area is 131 Å². The zero-order valence-electron chi connectivity index (χ0n) is 13.4. The van der Waals surface area contributed by atoms with Crippen molar-refractivity contribution in [2.75, 3.05) is 38.7 Å². The second kappa shape index (κ2) is 6.32. The third-order valence-electron chi connectivity index (χ3n) is 4.23. The molecule has 2 aromatic rings. The van der Waals surface area contributed by atoms with E-state index in [4.69, 9.17) is 4.74 Å². The highest BCUT2D eigenvalue weighted by Gasteiger charge is 2.28. The summed E-state index contributed by atoms with van der Waals surface area (Å²) in [6.45, 7) is 4.79. The van der Waals surface area contributed by atoms with Crippen molar-refractivity contribution >= 4 is 5.82 Å². The van der Waals surface area contributed by atoms with Gasteiger partial charge in [0.2, 0.25) is 0 Å². The number of ether oxygens (including phenoxy) is 1. The topological polar surface area (TPSA) is 41.5 Å². The molecule has 0 N–H and O–H groups in total. The molecule has 0 unspecified atom stereocenters. The molecule has 1 saturated heterocycles. The smallest absolute Gasteiger partial charge is 0.132 e. The predicted octanol–water partition coefficient (Wildman–Crippen LogP) is 2.29. The fourth-order valence-corrected chi connectivity index (χ4v) is 2.98. The van der Waals surface area contributed by atoms with Crippen LogP contribution in [0.25, 0.3) is 0 Å². The summed E-state index contributed by atoms with van der Waals surface area (Å²) in [5.41, 5.74) is 1.22. The van der Waals surface area contributed by atoms with Crippen LogP contribution in [-0.2, 0) is 0 Å². The van der Waals surface area contributed by atoms with Gasteiger partial charge in [0.15, 0.2) is 0 Å². The van der Waals surface area contributed by atoms with E-state index in [1.807, 2.05) is 31.3 Å². The van der Waals surface area contributed by atoms with Crippen LogP contribution in [0.1, 0.15) is 17.4 Å². The van der Waals surface area contributed by atoms with E-state index in [2.05, 4.69) is 38.9 Å². The number of aromatic nitrogens is 2. The van der Waals surface area contributed by atoms with Gasteiger partial charge in [0.1, 0.15) is 17.4 Å². The quantitative estimate of drug-likeness (QED) is 0.869. The van der Waals surface area contributed by atoms with E-state index < -0.39 is 0 Å². The molecular formula is C17H22N4O. The molecular weight excluding hydrogens is 276 g/mol. The first-order chi connectivity index (χ1) is 10.7. The number of hydrogen-bond donors (Lipinski definition) is 0. The van der Waals surface area contributed by atoms with Crippen molar-refractivity contribution in [2.24, 2.45) is 0 Å². The molecule has 2 heterocycles. The first-order valence-corrected chi connectivity index (χ1v) is 7.57. The second-order valence-corrected chi connectivity index (χ2v) is 5.65. The van der Waals surface area contributed by atoms with Gasteiger partial charge in [0.25, 0.3) is 0 Å². The van der Waals surface area contributed by atoms with Crippen molar-refractivity contribution in [1.29, 1.82) is 0 Å². The van der Waals surface area contributed by atoms with E-state index >= 15 is 0 Å². The molecule has 1 aliphatic heterocycles. The number of rotatable bonds is 3. The summed E-state index contributed by atoms with van der Waals surface area (Å²) in [5.74, 6) is 2.76. The Morgan fingerprint density at radius 1 is 1.18 bits per heavy atom. The van der Waals surface area contributed by atoms with Crippen molar-refractivity contribution in [3.8, 4) is 5.75 Å². The molecule has 0 radical (unpaired) electrons. The average molecular weight is 298 g/mol. The van der Waals surface area contributed by atoms with Gasteiger partial charge in [-0.1, -0.05) is 18.2 Å². The summed E-state index contributed by atoms with van der Waals surface area (Å²) in [4.78, 5) is 13.4. The molecule has 0 saturated carbocycles. The second-order valence-electron chi connectivity index (χ2n) is 5.65. The molecule has 1 fully saturated rings. The number of aryl methyl sites for hydroxylation is 1. The summed E-state index contributed by atoms with van der Waals surface area (Å²) < 4.78 is 5.54. The molecule has 5 nitrogen and oxygen atoms in total. The molecule has 116 valence electrons. The predicted molar refractivity (Wildman–Crippen MR) is 87.3 cm³/mol. The monoisotopic (exact) mass is 298 g/mol. The van der Waals surface area contributed by atoms with Crippen molar-refractivity contribution in [3.63, 3.8) is 0 Å². The molecule has 1 aliphatic rings. The van der Waals surface area contributed by atoms with Gasteiger partial charge in [0, 0.05) is 31.4 Å². The van der Waals surface area contributed by atoms with Gasteiger partial charge in [-0.15, -0.1) is 0 Å². The van der Waals surface area contributed by atoms with Gasteiger partial charge in [-0.05, 0) is 26.1 Å². The van der Waals surface area contributed by atoms with Gasteiger partial charge in [-0.3, -0.25) is 4.90 Å². The molecule has 1 atom stereocenters. The van der Waals surface area contributed by atoms with Crippen molar-refractivity contribution < 1.29 is 4.74 Å². The summed E-state index contributed by atoms with van der Waals surface area (Å²) in [7, 11) is 3.90. The standard InChI is InChI=1S/C17H22N4O/c1-13-18-9-8-17(19-13)21-11-10-20(2)15(12-21)14-6-4-5-7-16(14)22-3/h4-9,15H,10-12H2,1-3H3/t15-/m0/s1. The molecule has 0 bridgehead atoms. The van der Waals surface area contributed by atoms with Crippen LogP contribution in [-0.4, -0.2) is 48.7 Å². The molecule has 0 aliphatic carbocycles. The third-order valence-corrected chi connectivity index (χ3v) is 4.23. The maximum atomic E-state index is 5.54. The average Bonchev–Trinajstić information content (AvgIpc) is 2.55. The lowest BCUT2D eigenvalue weighted by Crippen LogP contribution is -2.47. The number of benzene rings is 1. The zero-order valence-corrected chi connectivity index (χ0v) is 13.4. The fraction of sp³-hybridized carbons (Fsp3) is 0.412. The number of hydrogen-bond acceptors (Lipinski definition) is 5. The number of anilines is 1. The van der Waals surface area contributed by atoms with Crippen LogP contribution in [0.5, 0.6) is 5.75 Å². The lowest BCUT2D eigenvalue weighted by Gasteiger charge is -2.40. The SMILES string of the molecule is COc1ccccc1[C@@H]1CN(c2ccnc(C)n2)CCN1C. The van der Waals surface area contributed by atoms with Crippen LogP contribution in [0.2, 0.25) is 0 Å². The van der Waals surface area contributed by atoms with E-state index in [9.17, 15) is 0 Å². The molecule has 22 heavy (non-hydrogen) atoms. The van der Waals surface area contributed by atoms with E-state index in [0.717, 1.165) is 37.0 Å². The lowest BCUT2D eigenvalue weighted by molar-refractivity contribution is 0.216. The van der Waals surface area contributed by atoms with Crippen molar-refractivity contribution in [1.82, 2.24) is 14.9 Å². The summed E-state index contributed by atoms with van der Waals surface area (Å²) in [5, 5.41) is 0. The minimum Gasteiger partial charge on any atom is -0.496 e. The van der Waals surface area contributed by atoms with Crippen LogP contribution >= 0.6 is 0 Å². The van der Waals surface area contributed by atoms with E-state index in [0.29, 0.717) is 6.04 Å². The molecule has 5 heteroatoms. The van der Waals surface area contributed by atoms with Crippen molar-refractivity contribution in [3.05, 3.63) is 47.9 Å². The minimum atomic E-state index is 0.292. The first-order valence-electron chi connectivity index (χ1n) is 7.57. The molecule has 0 amide bonds. The van der Waals surface area contributed by atoms with Gasteiger partial charge >= 0.3 is 0 Å². The zero-order chi connectivity index (χ0) is 15.5. The van der Waals surface area contributed by atoms with E-state index in [1.54, 1.807) is 7.11 Å². The summed E-state index contributed by atoms with van der Waals surface area (Å²) in [6.07, 6.45) is 1.83. The fourth-order valence-electron chi connectivity index (χ4n) is 2.98. The third kappa shape index (κ3) is 2.90. The maximum Gasteiger partial charge on any atom is 0.132 e. The number of piperazine rings is 1. The van der Waals surface area contributed by atoms with Gasteiger partial charge in [-0.2, -0.15) is 0 Å². The lowest BCUT2D eigenvalue weighted by atomic mass is 10.0. The molecule has 1 aromatic heterocycles. The van der Waals surface area contributed by atoms with Gasteiger partial charge in [0.05, 0.1) is 13.2 Å². The Hall–Kier alpha value is -2.14. The van der Waals surface area contributed by atoms with Crippen LogP contribution in [0, 0.1) is 6.92 Å². The maximum absolute atomic E-state index is 5.54. The summed E-state index contributed by atoms with van der Waals surface area (Å²) in [6, 6.07) is 10.5.